The van der Waals surface area contributed by atoms with Crippen LogP contribution < -0.4 is 5.32 Å². The first-order chi connectivity index (χ1) is 15.7. The molecule has 2 amide bonds. The molecule has 3 heterocycles. The molecule has 0 radical (unpaired) electrons. The number of H-pyrrole nitrogens is 1. The number of fused-ring (bicyclic) bond motifs is 1. The number of nitrogens with one attached hydrogen (secondary N) is 2. The molecule has 4 rings (SSSR count). The summed E-state index contributed by atoms with van der Waals surface area (Å²) in [6.45, 7) is 3.66. The van der Waals surface area contributed by atoms with Gasteiger partial charge in [-0.3, -0.25) is 14.3 Å². The van der Waals surface area contributed by atoms with Crippen molar-refractivity contribution >= 4 is 28.5 Å². The molecule has 0 atom stereocenters. The van der Waals surface area contributed by atoms with Gasteiger partial charge in [0, 0.05) is 44.4 Å². The monoisotopic (exact) mass is 462 g/mol. The normalized spacial score (nSPS) is 15.2. The number of anilines is 1. The van der Waals surface area contributed by atoms with E-state index < -0.39 is 12.0 Å². The number of amides is 2. The van der Waals surface area contributed by atoms with Crippen LogP contribution in [0.2, 0.25) is 0 Å². The summed E-state index contributed by atoms with van der Waals surface area (Å²) in [7, 11) is 0. The Kier molecular flexibility index (Phi) is 6.39. The molecule has 0 saturated carbocycles. The first kappa shape index (κ1) is 22.8. The van der Waals surface area contributed by atoms with Gasteiger partial charge in [0.15, 0.2) is 0 Å². The number of hydrogen-bond donors (Lipinski definition) is 2. The Labute approximate surface area is 188 Å². The zero-order chi connectivity index (χ0) is 23.6. The van der Waals surface area contributed by atoms with Crippen LogP contribution in [0.1, 0.15) is 37.2 Å². The average Bonchev–Trinajstić information content (AvgIpc) is 3.38. The highest BCUT2D eigenvalue weighted by Crippen LogP contribution is 2.29. The zero-order valence-electron chi connectivity index (χ0n) is 18.2. The van der Waals surface area contributed by atoms with Crippen molar-refractivity contribution in [1.29, 1.82) is 0 Å². The van der Waals surface area contributed by atoms with E-state index in [9.17, 15) is 22.8 Å². The van der Waals surface area contributed by atoms with Crippen molar-refractivity contribution in [2.24, 2.45) is 5.92 Å². The molecule has 8 nitrogen and oxygen atoms in total. The van der Waals surface area contributed by atoms with Gasteiger partial charge < -0.3 is 15.2 Å². The van der Waals surface area contributed by atoms with E-state index in [4.69, 9.17) is 0 Å². The Morgan fingerprint density at radius 1 is 1.21 bits per heavy atom. The predicted molar refractivity (Wildman–Crippen MR) is 115 cm³/mol. The summed E-state index contributed by atoms with van der Waals surface area (Å²) in [6.07, 6.45) is -0.561. The van der Waals surface area contributed by atoms with Crippen LogP contribution in [0.5, 0.6) is 0 Å². The zero-order valence-corrected chi connectivity index (χ0v) is 18.2. The van der Waals surface area contributed by atoms with Gasteiger partial charge in [-0.15, -0.1) is 0 Å². The van der Waals surface area contributed by atoms with Crippen LogP contribution in [0.3, 0.4) is 0 Å². The molecule has 0 aliphatic carbocycles. The van der Waals surface area contributed by atoms with Crippen molar-refractivity contribution in [3.05, 3.63) is 42.0 Å². The number of rotatable bonds is 6. The lowest BCUT2D eigenvalue weighted by molar-refractivity contribution is -0.144. The fourth-order valence-corrected chi connectivity index (χ4v) is 4.04. The predicted octanol–water partition coefficient (Wildman–Crippen LogP) is 3.74. The molecule has 1 fully saturated rings. The van der Waals surface area contributed by atoms with Gasteiger partial charge in [0.2, 0.25) is 17.6 Å². The molecule has 1 aromatic carbocycles. The Balaban J connectivity index is 1.24. The van der Waals surface area contributed by atoms with Crippen LogP contribution in [0, 0.1) is 12.8 Å². The van der Waals surface area contributed by atoms with Crippen molar-refractivity contribution in [3.8, 4) is 0 Å². The molecular formula is C22H25F3N6O2. The summed E-state index contributed by atoms with van der Waals surface area (Å²) < 4.78 is 40.2. The topological polar surface area (TPSA) is 95.9 Å². The summed E-state index contributed by atoms with van der Waals surface area (Å²) in [6, 6.07) is 6.31. The second-order valence-electron chi connectivity index (χ2n) is 8.36. The molecule has 0 unspecified atom stereocenters. The third kappa shape index (κ3) is 5.71. The average molecular weight is 462 g/mol. The lowest BCUT2D eigenvalue weighted by atomic mass is 9.93. The van der Waals surface area contributed by atoms with Gasteiger partial charge >= 0.3 is 6.18 Å². The van der Waals surface area contributed by atoms with Crippen LogP contribution in [0.4, 0.5) is 18.9 Å². The van der Waals surface area contributed by atoms with Gasteiger partial charge in [0.05, 0.1) is 16.7 Å². The van der Waals surface area contributed by atoms with E-state index in [1.54, 1.807) is 4.68 Å². The van der Waals surface area contributed by atoms with Gasteiger partial charge in [-0.2, -0.15) is 18.3 Å². The van der Waals surface area contributed by atoms with Crippen molar-refractivity contribution in [3.63, 3.8) is 0 Å². The minimum atomic E-state index is -4.56. The quantitative estimate of drug-likeness (QED) is 0.583. The molecule has 3 aromatic rings. The summed E-state index contributed by atoms with van der Waals surface area (Å²) in [4.78, 5) is 32.5. The number of hydrogen-bond acceptors (Lipinski definition) is 4. The van der Waals surface area contributed by atoms with E-state index in [2.05, 4.69) is 20.4 Å². The molecule has 2 N–H and O–H groups in total. The fourth-order valence-electron chi connectivity index (χ4n) is 4.04. The van der Waals surface area contributed by atoms with Gasteiger partial charge in [0.1, 0.15) is 0 Å². The van der Waals surface area contributed by atoms with Gasteiger partial charge in [0.25, 0.3) is 0 Å². The number of likely N-dealkylation sites (tertiary alicyclic amines) is 1. The van der Waals surface area contributed by atoms with E-state index in [1.165, 1.54) is 18.2 Å². The number of imidazole rings is 1. The van der Waals surface area contributed by atoms with Crippen LogP contribution in [0.25, 0.3) is 11.0 Å². The van der Waals surface area contributed by atoms with Crippen molar-refractivity contribution in [2.45, 2.75) is 45.3 Å². The number of carbonyl (C=O) groups is 2. The van der Waals surface area contributed by atoms with E-state index in [1.807, 2.05) is 24.1 Å². The highest BCUT2D eigenvalue weighted by molar-refractivity contribution is 5.93. The minimum absolute atomic E-state index is 0.0807. The van der Waals surface area contributed by atoms with Crippen molar-refractivity contribution in [1.82, 2.24) is 24.6 Å². The number of carbonyl (C=O) groups excluding carboxylic acids is 2. The lowest BCUT2D eigenvalue weighted by Gasteiger charge is -2.31. The highest BCUT2D eigenvalue weighted by Gasteiger charge is 2.34. The van der Waals surface area contributed by atoms with Crippen LogP contribution in [-0.2, 0) is 22.3 Å². The number of nitrogens with zero attached hydrogens (tertiary/aromatic N) is 4. The van der Waals surface area contributed by atoms with Crippen LogP contribution in [-0.4, -0.2) is 49.6 Å². The third-order valence-corrected chi connectivity index (χ3v) is 5.80. The molecular weight excluding hydrogens is 437 g/mol. The fraction of sp³-hybridized carbons (Fsp3) is 0.455. The van der Waals surface area contributed by atoms with E-state index in [-0.39, 0.29) is 28.8 Å². The Morgan fingerprint density at radius 3 is 2.64 bits per heavy atom. The smallest absolute Gasteiger partial charge is 0.343 e. The number of alkyl halides is 3. The van der Waals surface area contributed by atoms with Gasteiger partial charge in [-0.05, 0) is 49.9 Å². The van der Waals surface area contributed by atoms with Crippen molar-refractivity contribution in [2.75, 3.05) is 18.4 Å². The van der Waals surface area contributed by atoms with Crippen LogP contribution in [0.15, 0.2) is 30.5 Å². The van der Waals surface area contributed by atoms with Gasteiger partial charge in [-0.1, -0.05) is 0 Å². The summed E-state index contributed by atoms with van der Waals surface area (Å²) in [5.41, 5.74) is 1.71. The maximum Gasteiger partial charge on any atom is 0.449 e. The molecule has 33 heavy (non-hydrogen) atoms. The Morgan fingerprint density at radius 2 is 1.97 bits per heavy atom. The highest BCUT2D eigenvalue weighted by atomic mass is 19.4. The molecule has 0 spiro atoms. The second kappa shape index (κ2) is 9.24. The molecule has 11 heteroatoms. The number of halogens is 3. The standard InChI is InChI=1S/C22H25F3N6O2/c1-14-4-10-31(29-14)11-7-20(33)30-8-5-15(6-9-30)12-19(32)26-16-2-3-17-18(13-16)28-21(27-17)22(23,24)25/h2-4,10,13,15H,5-9,11-12H2,1H3,(H,26,32)(H,27,28). The molecule has 0 bridgehead atoms. The largest absolute Gasteiger partial charge is 0.449 e. The molecule has 1 aliphatic rings. The number of aryl methyl sites for hydroxylation is 2. The second-order valence-corrected chi connectivity index (χ2v) is 8.36. The van der Waals surface area contributed by atoms with Crippen molar-refractivity contribution < 1.29 is 22.8 Å². The van der Waals surface area contributed by atoms with E-state index in [0.29, 0.717) is 38.2 Å². The first-order valence-electron chi connectivity index (χ1n) is 10.8. The van der Waals surface area contributed by atoms with E-state index in [0.717, 1.165) is 18.5 Å². The SMILES string of the molecule is Cc1ccn(CCC(=O)N2CCC(CC(=O)Nc3ccc4nc(C(F)(F)F)[nH]c4c3)CC2)n1. The molecule has 176 valence electrons. The number of aromatic amines is 1. The lowest BCUT2D eigenvalue weighted by Crippen LogP contribution is -2.39. The molecule has 1 aliphatic heterocycles. The first-order valence-corrected chi connectivity index (χ1v) is 10.8. The Hall–Kier alpha value is -3.37. The summed E-state index contributed by atoms with van der Waals surface area (Å²) in [5.74, 6) is -1.04. The number of aromatic nitrogens is 4. The Bertz CT molecular complexity index is 1140. The van der Waals surface area contributed by atoms with E-state index >= 15 is 0 Å². The maximum atomic E-state index is 12.8. The minimum Gasteiger partial charge on any atom is -0.343 e. The summed E-state index contributed by atoms with van der Waals surface area (Å²) in [5, 5.41) is 7.03. The third-order valence-electron chi connectivity index (χ3n) is 5.80. The van der Waals surface area contributed by atoms with Crippen LogP contribution >= 0.6 is 0 Å². The summed E-state index contributed by atoms with van der Waals surface area (Å²) >= 11 is 0. The number of benzene rings is 1. The van der Waals surface area contributed by atoms with Gasteiger partial charge in [-0.25, -0.2) is 4.98 Å². The molecule has 2 aromatic heterocycles. The number of piperidine rings is 1. The molecule has 1 saturated heterocycles. The maximum absolute atomic E-state index is 12.8.